The number of hydrogen-bond donors (Lipinski definition) is 2. The number of amides is 2. The number of rotatable bonds is 5. The first kappa shape index (κ1) is 16.5. The lowest BCUT2D eigenvalue weighted by Gasteiger charge is -2.03. The van der Waals surface area contributed by atoms with E-state index in [1.165, 1.54) is 17.7 Å². The van der Waals surface area contributed by atoms with Gasteiger partial charge in [0.1, 0.15) is 6.33 Å². The van der Waals surface area contributed by atoms with Gasteiger partial charge in [-0.3, -0.25) is 10.1 Å². The van der Waals surface area contributed by atoms with Gasteiger partial charge in [0.25, 0.3) is 5.91 Å². The number of primary amides is 1. The lowest BCUT2D eigenvalue weighted by molar-refractivity contribution is -0.118. The SMILES string of the molecule is NC(=O)OCC(=O)Nc1nc(-c2cccc(-c3ccncn3)c2)cs1. The molecule has 1 aromatic carbocycles. The van der Waals surface area contributed by atoms with E-state index >= 15 is 0 Å². The predicted molar refractivity (Wildman–Crippen MR) is 92.7 cm³/mol. The number of benzene rings is 1. The van der Waals surface area contributed by atoms with Gasteiger partial charge in [-0.25, -0.2) is 19.7 Å². The molecule has 0 radical (unpaired) electrons. The Labute approximate surface area is 146 Å². The van der Waals surface area contributed by atoms with Crippen LogP contribution >= 0.6 is 11.3 Å². The molecule has 0 saturated carbocycles. The van der Waals surface area contributed by atoms with Gasteiger partial charge in [0.05, 0.1) is 11.4 Å². The first-order valence-corrected chi connectivity index (χ1v) is 8.04. The molecule has 0 atom stereocenters. The fourth-order valence-corrected chi connectivity index (χ4v) is 2.79. The van der Waals surface area contributed by atoms with E-state index in [0.717, 1.165) is 16.8 Å². The maximum absolute atomic E-state index is 11.6. The summed E-state index contributed by atoms with van der Waals surface area (Å²) in [5, 5.41) is 4.78. The first-order valence-electron chi connectivity index (χ1n) is 7.16. The quantitative estimate of drug-likeness (QED) is 0.724. The topological polar surface area (TPSA) is 120 Å². The molecule has 0 spiro atoms. The molecule has 3 rings (SSSR count). The standard InChI is InChI=1S/C16H13N5O3S/c17-15(23)24-7-14(22)21-16-20-13(8-25-16)11-3-1-2-10(6-11)12-4-5-18-9-19-12/h1-6,8-9H,7H2,(H2,17,23)(H,20,21,22). The molecule has 0 aliphatic heterocycles. The first-order chi connectivity index (χ1) is 12.1. The third-order valence-corrected chi connectivity index (χ3v) is 3.89. The fourth-order valence-electron chi connectivity index (χ4n) is 2.06. The number of hydrogen-bond acceptors (Lipinski definition) is 7. The van der Waals surface area contributed by atoms with Crippen LogP contribution in [0.15, 0.2) is 48.2 Å². The lowest BCUT2D eigenvalue weighted by atomic mass is 10.1. The van der Waals surface area contributed by atoms with Crippen molar-refractivity contribution in [2.75, 3.05) is 11.9 Å². The molecule has 9 heteroatoms. The molecule has 2 aromatic heterocycles. The Hall–Kier alpha value is -3.33. The number of anilines is 1. The van der Waals surface area contributed by atoms with Crippen molar-refractivity contribution >= 4 is 28.5 Å². The maximum atomic E-state index is 11.6. The minimum absolute atomic E-state index is 0.403. The Bertz CT molecular complexity index is 898. The predicted octanol–water partition coefficient (Wildman–Crippen LogP) is 2.30. The molecule has 0 fully saturated rings. The van der Waals surface area contributed by atoms with Crippen molar-refractivity contribution in [3.63, 3.8) is 0 Å². The molecule has 3 N–H and O–H groups in total. The van der Waals surface area contributed by atoms with Gasteiger partial charge in [-0.15, -0.1) is 11.3 Å². The van der Waals surface area contributed by atoms with E-state index in [0.29, 0.717) is 10.8 Å². The summed E-state index contributed by atoms with van der Waals surface area (Å²) in [4.78, 5) is 34.6. The Morgan fingerprint density at radius 1 is 1.20 bits per heavy atom. The van der Waals surface area contributed by atoms with Crippen LogP contribution in [0.4, 0.5) is 9.93 Å². The number of ether oxygens (including phenoxy) is 1. The van der Waals surface area contributed by atoms with Crippen LogP contribution in [0.5, 0.6) is 0 Å². The van der Waals surface area contributed by atoms with Crippen molar-refractivity contribution in [2.45, 2.75) is 0 Å². The van der Waals surface area contributed by atoms with Gasteiger partial charge in [-0.2, -0.15) is 0 Å². The third-order valence-electron chi connectivity index (χ3n) is 3.13. The average Bonchev–Trinajstić information content (AvgIpc) is 3.09. The largest absolute Gasteiger partial charge is 0.440 e. The molecule has 0 aliphatic carbocycles. The van der Waals surface area contributed by atoms with E-state index in [1.807, 2.05) is 35.7 Å². The van der Waals surface area contributed by atoms with Crippen molar-refractivity contribution in [3.05, 3.63) is 48.2 Å². The summed E-state index contributed by atoms with van der Waals surface area (Å²) in [7, 11) is 0. The Kier molecular flexibility index (Phi) is 4.95. The second kappa shape index (κ2) is 7.49. The molecule has 8 nitrogen and oxygen atoms in total. The third kappa shape index (κ3) is 4.36. The summed E-state index contributed by atoms with van der Waals surface area (Å²) in [5.74, 6) is -0.505. The van der Waals surface area contributed by atoms with E-state index in [2.05, 4.69) is 25.0 Å². The monoisotopic (exact) mass is 355 g/mol. The van der Waals surface area contributed by atoms with Crippen LogP contribution in [0.1, 0.15) is 0 Å². The molecular formula is C16H13N5O3S. The second-order valence-corrected chi connectivity index (χ2v) is 5.73. The number of carbonyl (C=O) groups is 2. The van der Waals surface area contributed by atoms with E-state index < -0.39 is 18.6 Å². The van der Waals surface area contributed by atoms with Gasteiger partial charge in [0.2, 0.25) is 0 Å². The van der Waals surface area contributed by atoms with E-state index in [4.69, 9.17) is 5.73 Å². The molecule has 0 aliphatic rings. The van der Waals surface area contributed by atoms with Crippen LogP contribution in [-0.2, 0) is 9.53 Å². The summed E-state index contributed by atoms with van der Waals surface area (Å²) < 4.78 is 4.42. The molecule has 2 amide bonds. The van der Waals surface area contributed by atoms with Crippen LogP contribution in [0.2, 0.25) is 0 Å². The smallest absolute Gasteiger partial charge is 0.405 e. The average molecular weight is 355 g/mol. The van der Waals surface area contributed by atoms with Crippen molar-refractivity contribution < 1.29 is 14.3 Å². The molecule has 0 saturated heterocycles. The van der Waals surface area contributed by atoms with Crippen LogP contribution in [0, 0.1) is 0 Å². The highest BCUT2D eigenvalue weighted by molar-refractivity contribution is 7.14. The fraction of sp³-hybridized carbons (Fsp3) is 0.0625. The van der Waals surface area contributed by atoms with Gasteiger partial charge >= 0.3 is 6.09 Å². The Balaban J connectivity index is 1.74. The molecule has 0 unspecified atom stereocenters. The number of nitrogens with one attached hydrogen (secondary N) is 1. The second-order valence-electron chi connectivity index (χ2n) is 4.87. The highest BCUT2D eigenvalue weighted by Crippen LogP contribution is 2.28. The molecule has 25 heavy (non-hydrogen) atoms. The lowest BCUT2D eigenvalue weighted by Crippen LogP contribution is -2.23. The zero-order valence-corrected chi connectivity index (χ0v) is 13.7. The summed E-state index contributed by atoms with van der Waals surface area (Å²) >= 11 is 1.27. The van der Waals surface area contributed by atoms with Crippen molar-refractivity contribution in [3.8, 4) is 22.5 Å². The number of nitrogens with two attached hydrogens (primary N) is 1. The molecule has 0 bridgehead atoms. The summed E-state index contributed by atoms with van der Waals surface area (Å²) in [5.41, 5.74) is 8.17. The maximum Gasteiger partial charge on any atom is 0.405 e. The number of nitrogens with zero attached hydrogens (tertiary/aromatic N) is 3. The number of thiazole rings is 1. The molecule has 2 heterocycles. The van der Waals surface area contributed by atoms with Crippen LogP contribution in [-0.4, -0.2) is 33.6 Å². The van der Waals surface area contributed by atoms with Crippen molar-refractivity contribution in [1.82, 2.24) is 15.0 Å². The van der Waals surface area contributed by atoms with Crippen LogP contribution in [0.3, 0.4) is 0 Å². The Morgan fingerprint density at radius 2 is 2.00 bits per heavy atom. The van der Waals surface area contributed by atoms with Crippen molar-refractivity contribution in [2.24, 2.45) is 5.73 Å². The van der Waals surface area contributed by atoms with Crippen LogP contribution < -0.4 is 11.1 Å². The van der Waals surface area contributed by atoms with Gasteiger partial charge in [-0.1, -0.05) is 18.2 Å². The van der Waals surface area contributed by atoms with Gasteiger partial charge in [-0.05, 0) is 12.1 Å². The zero-order valence-electron chi connectivity index (χ0n) is 12.9. The normalized spacial score (nSPS) is 10.2. The number of carbonyl (C=O) groups excluding carboxylic acids is 2. The van der Waals surface area contributed by atoms with Gasteiger partial charge < -0.3 is 10.5 Å². The Morgan fingerprint density at radius 3 is 2.72 bits per heavy atom. The minimum atomic E-state index is -1.00. The number of aromatic nitrogens is 3. The summed E-state index contributed by atoms with van der Waals surface area (Å²) in [6.45, 7) is -0.451. The van der Waals surface area contributed by atoms with Gasteiger partial charge in [0.15, 0.2) is 11.7 Å². The molecule has 126 valence electrons. The molecule has 3 aromatic rings. The molecular weight excluding hydrogens is 342 g/mol. The van der Waals surface area contributed by atoms with E-state index in [9.17, 15) is 9.59 Å². The zero-order chi connectivity index (χ0) is 17.6. The highest BCUT2D eigenvalue weighted by Gasteiger charge is 2.10. The van der Waals surface area contributed by atoms with Crippen molar-refractivity contribution in [1.29, 1.82) is 0 Å². The van der Waals surface area contributed by atoms with Gasteiger partial charge in [0, 0.05) is 22.7 Å². The minimum Gasteiger partial charge on any atom is -0.440 e. The van der Waals surface area contributed by atoms with Crippen LogP contribution in [0.25, 0.3) is 22.5 Å². The summed E-state index contributed by atoms with van der Waals surface area (Å²) in [6, 6.07) is 9.55. The van der Waals surface area contributed by atoms with E-state index in [-0.39, 0.29) is 0 Å². The summed E-state index contributed by atoms with van der Waals surface area (Å²) in [6.07, 6.45) is 2.17. The van der Waals surface area contributed by atoms with E-state index in [1.54, 1.807) is 6.20 Å². The highest BCUT2D eigenvalue weighted by atomic mass is 32.1.